The molecule has 0 saturated carbocycles. The third-order valence-electron chi connectivity index (χ3n) is 4.44. The van der Waals surface area contributed by atoms with Gasteiger partial charge in [-0.2, -0.15) is 0 Å². The first-order chi connectivity index (χ1) is 10.4. The quantitative estimate of drug-likeness (QED) is 0.868. The molecule has 0 aromatic heterocycles. The smallest absolute Gasteiger partial charge is 0.251 e. The molecule has 1 amide bonds. The van der Waals surface area contributed by atoms with Gasteiger partial charge in [0, 0.05) is 48.3 Å². The molecular formula is C17H26BrN3O. The van der Waals surface area contributed by atoms with Crippen molar-refractivity contribution in [1.82, 2.24) is 15.1 Å². The minimum absolute atomic E-state index is 0.0124. The van der Waals surface area contributed by atoms with Crippen LogP contribution in [0, 0.1) is 0 Å². The van der Waals surface area contributed by atoms with E-state index in [9.17, 15) is 4.79 Å². The lowest BCUT2D eigenvalue weighted by Crippen LogP contribution is -2.58. The number of hydrogen-bond acceptors (Lipinski definition) is 3. The largest absolute Gasteiger partial charge is 0.350 e. The maximum atomic E-state index is 12.3. The fraction of sp³-hybridized carbons (Fsp3) is 0.588. The highest BCUT2D eigenvalue weighted by atomic mass is 79.9. The van der Waals surface area contributed by atoms with Gasteiger partial charge in [0.05, 0.1) is 0 Å². The minimum Gasteiger partial charge on any atom is -0.350 e. The monoisotopic (exact) mass is 367 g/mol. The molecular weight excluding hydrogens is 342 g/mol. The Morgan fingerprint density at radius 2 is 1.95 bits per heavy atom. The van der Waals surface area contributed by atoms with Gasteiger partial charge in [0.1, 0.15) is 0 Å². The Balaban J connectivity index is 1.88. The number of benzene rings is 1. The number of amides is 1. The van der Waals surface area contributed by atoms with Gasteiger partial charge in [-0.25, -0.2) is 0 Å². The second-order valence-corrected chi connectivity index (χ2v) is 7.34. The molecule has 2 rings (SSSR count). The summed E-state index contributed by atoms with van der Waals surface area (Å²) in [5.41, 5.74) is 0.669. The highest BCUT2D eigenvalue weighted by molar-refractivity contribution is 9.10. The molecule has 0 unspecified atom stereocenters. The Labute approximate surface area is 142 Å². The van der Waals surface area contributed by atoms with Crippen LogP contribution in [0.15, 0.2) is 28.7 Å². The van der Waals surface area contributed by atoms with Crippen molar-refractivity contribution in [3.8, 4) is 0 Å². The fourth-order valence-electron chi connectivity index (χ4n) is 2.81. The Morgan fingerprint density at radius 3 is 2.55 bits per heavy atom. The molecule has 0 spiro atoms. The molecule has 1 N–H and O–H groups in total. The van der Waals surface area contributed by atoms with Crippen LogP contribution in [0.5, 0.6) is 0 Å². The van der Waals surface area contributed by atoms with E-state index < -0.39 is 0 Å². The molecule has 1 saturated heterocycles. The van der Waals surface area contributed by atoms with Gasteiger partial charge in [-0.05, 0) is 38.6 Å². The molecule has 1 aromatic rings. The number of carbonyl (C=O) groups is 1. The van der Waals surface area contributed by atoms with Crippen LogP contribution in [0.25, 0.3) is 0 Å². The second-order valence-electron chi connectivity index (χ2n) is 6.43. The lowest BCUT2D eigenvalue weighted by molar-refractivity contribution is 0.0521. The average Bonchev–Trinajstić information content (AvgIpc) is 2.52. The maximum Gasteiger partial charge on any atom is 0.251 e. The molecule has 0 aliphatic carbocycles. The number of likely N-dealkylation sites (N-methyl/N-ethyl adjacent to an activating group) is 1. The van der Waals surface area contributed by atoms with Crippen LogP contribution < -0.4 is 5.32 Å². The number of rotatable bonds is 5. The van der Waals surface area contributed by atoms with Crippen molar-refractivity contribution >= 4 is 21.8 Å². The lowest BCUT2D eigenvalue weighted by Gasteiger charge is -2.44. The molecule has 122 valence electrons. The normalized spacial score (nSPS) is 17.5. The molecule has 1 aromatic carbocycles. The molecule has 0 bridgehead atoms. The van der Waals surface area contributed by atoms with E-state index in [-0.39, 0.29) is 11.4 Å². The van der Waals surface area contributed by atoms with E-state index in [1.165, 1.54) is 0 Å². The first kappa shape index (κ1) is 17.4. The van der Waals surface area contributed by atoms with Crippen LogP contribution in [0.1, 0.15) is 31.1 Å². The molecule has 1 heterocycles. The summed E-state index contributed by atoms with van der Waals surface area (Å²) >= 11 is 3.40. The molecule has 0 atom stereocenters. The van der Waals surface area contributed by atoms with Gasteiger partial charge < -0.3 is 10.2 Å². The number of nitrogens with one attached hydrogen (secondary N) is 1. The summed E-state index contributed by atoms with van der Waals surface area (Å²) in [4.78, 5) is 17.2. The van der Waals surface area contributed by atoms with Gasteiger partial charge in [0.15, 0.2) is 0 Å². The van der Waals surface area contributed by atoms with Gasteiger partial charge in [-0.15, -0.1) is 0 Å². The van der Waals surface area contributed by atoms with E-state index in [2.05, 4.69) is 51.8 Å². The topological polar surface area (TPSA) is 35.6 Å². The SMILES string of the molecule is CCN1CCN(C(C)(C)CNC(=O)c2cccc(Br)c2)CC1. The summed E-state index contributed by atoms with van der Waals surface area (Å²) in [6.07, 6.45) is 0. The molecule has 22 heavy (non-hydrogen) atoms. The Hall–Kier alpha value is -0.910. The molecule has 4 nitrogen and oxygen atoms in total. The van der Waals surface area contributed by atoms with Crippen molar-refractivity contribution in [2.45, 2.75) is 26.3 Å². The number of hydrogen-bond donors (Lipinski definition) is 1. The van der Waals surface area contributed by atoms with Gasteiger partial charge in [-0.1, -0.05) is 28.9 Å². The van der Waals surface area contributed by atoms with Gasteiger partial charge in [0.25, 0.3) is 5.91 Å². The number of halogens is 1. The summed E-state index contributed by atoms with van der Waals surface area (Å²) in [7, 11) is 0. The average molecular weight is 368 g/mol. The van der Waals surface area contributed by atoms with E-state index in [1.54, 1.807) is 0 Å². The summed E-state index contributed by atoms with van der Waals surface area (Å²) < 4.78 is 0.926. The molecule has 5 heteroatoms. The van der Waals surface area contributed by atoms with Crippen molar-refractivity contribution in [1.29, 1.82) is 0 Å². The van der Waals surface area contributed by atoms with Crippen molar-refractivity contribution in [3.05, 3.63) is 34.3 Å². The predicted molar refractivity (Wildman–Crippen MR) is 94.2 cm³/mol. The summed E-state index contributed by atoms with van der Waals surface area (Å²) in [5.74, 6) is -0.0124. The van der Waals surface area contributed by atoms with Crippen molar-refractivity contribution in [2.75, 3.05) is 39.3 Å². The highest BCUT2D eigenvalue weighted by Crippen LogP contribution is 2.17. The zero-order valence-corrected chi connectivity index (χ0v) is 15.3. The van der Waals surface area contributed by atoms with Crippen molar-refractivity contribution in [3.63, 3.8) is 0 Å². The van der Waals surface area contributed by atoms with Crippen LogP contribution in [-0.2, 0) is 0 Å². The molecule has 0 radical (unpaired) electrons. The molecule has 1 fully saturated rings. The van der Waals surface area contributed by atoms with Crippen molar-refractivity contribution < 1.29 is 4.79 Å². The van der Waals surface area contributed by atoms with E-state index in [4.69, 9.17) is 0 Å². The van der Waals surface area contributed by atoms with Gasteiger partial charge >= 0.3 is 0 Å². The maximum absolute atomic E-state index is 12.3. The van der Waals surface area contributed by atoms with Gasteiger partial charge in [0.2, 0.25) is 0 Å². The summed E-state index contributed by atoms with van der Waals surface area (Å²) in [6.45, 7) is 12.7. The van der Waals surface area contributed by atoms with Crippen LogP contribution in [0.2, 0.25) is 0 Å². The first-order valence-electron chi connectivity index (χ1n) is 7.93. The zero-order valence-electron chi connectivity index (χ0n) is 13.7. The second kappa shape index (κ2) is 7.57. The van der Waals surface area contributed by atoms with Crippen LogP contribution in [0.3, 0.4) is 0 Å². The Morgan fingerprint density at radius 1 is 1.27 bits per heavy atom. The molecule has 1 aliphatic heterocycles. The Bertz CT molecular complexity index is 510. The number of piperazine rings is 1. The number of nitrogens with zero attached hydrogens (tertiary/aromatic N) is 2. The minimum atomic E-state index is -0.0263. The van der Waals surface area contributed by atoms with E-state index in [0.717, 1.165) is 37.2 Å². The third kappa shape index (κ3) is 4.54. The Kier molecular flexibility index (Phi) is 6.01. The summed E-state index contributed by atoms with van der Waals surface area (Å²) in [6, 6.07) is 7.50. The van der Waals surface area contributed by atoms with E-state index in [0.29, 0.717) is 12.1 Å². The predicted octanol–water partition coefficient (Wildman–Crippen LogP) is 2.59. The van der Waals surface area contributed by atoms with E-state index >= 15 is 0 Å². The number of carbonyl (C=O) groups excluding carboxylic acids is 1. The third-order valence-corrected chi connectivity index (χ3v) is 4.94. The van der Waals surface area contributed by atoms with Crippen molar-refractivity contribution in [2.24, 2.45) is 0 Å². The zero-order chi connectivity index (χ0) is 16.2. The summed E-state index contributed by atoms with van der Waals surface area (Å²) in [5, 5.41) is 3.07. The lowest BCUT2D eigenvalue weighted by atomic mass is 10.0. The van der Waals surface area contributed by atoms with Gasteiger partial charge in [-0.3, -0.25) is 9.69 Å². The molecule has 1 aliphatic rings. The van der Waals surface area contributed by atoms with Crippen LogP contribution >= 0.6 is 15.9 Å². The van der Waals surface area contributed by atoms with Crippen LogP contribution in [-0.4, -0.2) is 60.5 Å². The highest BCUT2D eigenvalue weighted by Gasteiger charge is 2.29. The first-order valence-corrected chi connectivity index (χ1v) is 8.73. The van der Waals surface area contributed by atoms with Crippen LogP contribution in [0.4, 0.5) is 0 Å². The van der Waals surface area contributed by atoms with E-state index in [1.807, 2.05) is 24.3 Å². The standard InChI is InChI=1S/C17H26BrN3O/c1-4-20-8-10-21(11-9-20)17(2,3)13-19-16(22)14-6-5-7-15(18)12-14/h5-7,12H,4,8-11,13H2,1-3H3,(H,19,22). The fourth-order valence-corrected chi connectivity index (χ4v) is 3.21.